The summed E-state index contributed by atoms with van der Waals surface area (Å²) >= 11 is 1.11. The molecular weight excluding hydrogens is 433 g/mol. The molecule has 0 bridgehead atoms. The molecule has 0 saturated heterocycles. The highest BCUT2D eigenvalue weighted by molar-refractivity contribution is 7.84. The van der Waals surface area contributed by atoms with Crippen LogP contribution in [0.15, 0.2) is 56.8 Å². The van der Waals surface area contributed by atoms with Crippen LogP contribution in [0.1, 0.15) is 23.0 Å². The average molecular weight is 449 g/mol. The number of fused-ring (bicyclic) bond motifs is 2. The second-order valence-electron chi connectivity index (χ2n) is 6.50. The van der Waals surface area contributed by atoms with Crippen LogP contribution in [0, 0.1) is 5.82 Å². The Morgan fingerprint density at radius 2 is 2.13 bits per heavy atom. The average Bonchev–Trinajstić information content (AvgIpc) is 3.33. The van der Waals surface area contributed by atoms with Crippen LogP contribution < -0.4 is 10.5 Å². The molecule has 2 aromatic heterocycles. The minimum Gasteiger partial charge on any atom is -0.493 e. The van der Waals surface area contributed by atoms with Crippen LogP contribution in [0.5, 0.6) is 5.75 Å². The van der Waals surface area contributed by atoms with Crippen LogP contribution >= 0.6 is 11.5 Å². The van der Waals surface area contributed by atoms with Crippen LogP contribution in [0.25, 0.3) is 11.1 Å². The van der Waals surface area contributed by atoms with Gasteiger partial charge in [0.25, 0.3) is 0 Å². The van der Waals surface area contributed by atoms with Crippen molar-refractivity contribution in [1.82, 2.24) is 13.9 Å². The molecule has 2 N–H and O–H groups in total. The SMILES string of the molecule is O.O=c1oc2cc(S(=O)Cc3ncns3)c(F)cc2n1C1CCOc2ccccc21. The molecule has 11 heteroatoms. The minimum absolute atomic E-state index is 0. The number of oxazole rings is 1. The molecule has 0 spiro atoms. The van der Waals surface area contributed by atoms with Gasteiger partial charge in [-0.15, -0.1) is 0 Å². The first-order chi connectivity index (χ1) is 14.1. The van der Waals surface area contributed by atoms with E-state index in [4.69, 9.17) is 9.15 Å². The van der Waals surface area contributed by atoms with Crippen LogP contribution in [0.3, 0.4) is 0 Å². The molecule has 5 rings (SSSR count). The third-order valence-electron chi connectivity index (χ3n) is 4.81. The molecule has 4 aromatic rings. The lowest BCUT2D eigenvalue weighted by Gasteiger charge is -2.26. The second kappa shape index (κ2) is 8.09. The molecule has 2 atom stereocenters. The molecule has 2 unspecified atom stereocenters. The number of nitrogens with zero attached hydrogens (tertiary/aromatic N) is 3. The van der Waals surface area contributed by atoms with E-state index in [0.29, 0.717) is 29.3 Å². The highest BCUT2D eigenvalue weighted by atomic mass is 32.2. The van der Waals surface area contributed by atoms with Crippen LogP contribution in [-0.2, 0) is 16.6 Å². The summed E-state index contributed by atoms with van der Waals surface area (Å²) in [6, 6.07) is 9.66. The fourth-order valence-corrected chi connectivity index (χ4v) is 5.36. The lowest BCUT2D eigenvalue weighted by molar-refractivity contribution is 0.253. The van der Waals surface area contributed by atoms with Crippen molar-refractivity contribution < 1.29 is 23.2 Å². The Morgan fingerprint density at radius 3 is 2.93 bits per heavy atom. The first-order valence-electron chi connectivity index (χ1n) is 8.82. The molecule has 0 radical (unpaired) electrons. The molecular formula is C19H16FN3O5S2. The topological polar surface area (TPSA) is 119 Å². The summed E-state index contributed by atoms with van der Waals surface area (Å²) in [4.78, 5) is 16.6. The Balaban J connectivity index is 0.00000218. The fraction of sp³-hybridized carbons (Fsp3) is 0.211. The van der Waals surface area contributed by atoms with Gasteiger partial charge >= 0.3 is 5.76 Å². The summed E-state index contributed by atoms with van der Waals surface area (Å²) < 4.78 is 43.8. The van der Waals surface area contributed by atoms with E-state index in [-0.39, 0.29) is 27.7 Å². The van der Waals surface area contributed by atoms with Gasteiger partial charge in [0.15, 0.2) is 5.58 Å². The first-order valence-corrected chi connectivity index (χ1v) is 10.9. The van der Waals surface area contributed by atoms with E-state index in [1.807, 2.05) is 24.3 Å². The summed E-state index contributed by atoms with van der Waals surface area (Å²) in [5, 5.41) is 0.542. The third kappa shape index (κ3) is 3.44. The van der Waals surface area contributed by atoms with Gasteiger partial charge in [-0.1, -0.05) is 18.2 Å². The van der Waals surface area contributed by atoms with Gasteiger partial charge in [0.2, 0.25) is 0 Å². The maximum Gasteiger partial charge on any atom is 0.420 e. The predicted octanol–water partition coefficient (Wildman–Crippen LogP) is 2.44. The monoisotopic (exact) mass is 449 g/mol. The van der Waals surface area contributed by atoms with Gasteiger partial charge < -0.3 is 14.6 Å². The quantitative estimate of drug-likeness (QED) is 0.472. The highest BCUT2D eigenvalue weighted by Crippen LogP contribution is 2.36. The molecule has 0 fully saturated rings. The van der Waals surface area contributed by atoms with Crippen molar-refractivity contribution in [3.63, 3.8) is 0 Å². The third-order valence-corrected chi connectivity index (χ3v) is 6.99. The smallest absolute Gasteiger partial charge is 0.420 e. The Bertz CT molecular complexity index is 1290. The van der Waals surface area contributed by atoms with Crippen molar-refractivity contribution in [3.8, 4) is 5.75 Å². The van der Waals surface area contributed by atoms with Crippen molar-refractivity contribution in [2.45, 2.75) is 23.1 Å². The van der Waals surface area contributed by atoms with E-state index in [9.17, 15) is 13.4 Å². The molecule has 0 amide bonds. The Morgan fingerprint density at radius 1 is 1.30 bits per heavy atom. The number of aromatic nitrogens is 3. The number of rotatable bonds is 4. The Hall–Kier alpha value is -2.89. The lowest BCUT2D eigenvalue weighted by Crippen LogP contribution is -2.26. The van der Waals surface area contributed by atoms with Crippen LogP contribution in [0.2, 0.25) is 0 Å². The summed E-state index contributed by atoms with van der Waals surface area (Å²) in [7, 11) is -1.68. The van der Waals surface area contributed by atoms with Gasteiger partial charge in [0, 0.05) is 24.1 Å². The van der Waals surface area contributed by atoms with Gasteiger partial charge in [0.1, 0.15) is 22.9 Å². The van der Waals surface area contributed by atoms with E-state index in [1.165, 1.54) is 23.0 Å². The van der Waals surface area contributed by atoms with E-state index in [1.54, 1.807) is 0 Å². The van der Waals surface area contributed by atoms with Gasteiger partial charge in [-0.2, -0.15) is 4.37 Å². The number of ether oxygens (including phenoxy) is 1. The largest absolute Gasteiger partial charge is 0.493 e. The van der Waals surface area contributed by atoms with Crippen molar-refractivity contribution in [2.24, 2.45) is 0 Å². The normalized spacial score (nSPS) is 16.5. The lowest BCUT2D eigenvalue weighted by atomic mass is 10.0. The van der Waals surface area contributed by atoms with E-state index in [0.717, 1.165) is 17.1 Å². The number of para-hydroxylation sites is 1. The fourth-order valence-electron chi connectivity index (χ4n) is 3.55. The highest BCUT2D eigenvalue weighted by Gasteiger charge is 2.28. The van der Waals surface area contributed by atoms with Crippen LogP contribution in [-0.4, -0.2) is 30.2 Å². The summed E-state index contributed by atoms with van der Waals surface area (Å²) in [6.45, 7) is 0.438. The van der Waals surface area contributed by atoms with Gasteiger partial charge in [-0.25, -0.2) is 14.2 Å². The van der Waals surface area contributed by atoms with Gasteiger partial charge in [-0.05, 0) is 17.6 Å². The molecule has 0 aliphatic carbocycles. The molecule has 1 aliphatic rings. The Kier molecular flexibility index (Phi) is 5.50. The molecule has 8 nitrogen and oxygen atoms in total. The molecule has 2 aromatic carbocycles. The molecule has 156 valence electrons. The standard InChI is InChI=1S/C19H14FN3O4S2.H2O/c20-12-7-14-16(8-17(12)29(25)9-18-21-10-22-28-18)27-19(24)23(14)13-5-6-26-15-4-2-1-3-11(13)15;/h1-4,7-8,10,13H,5-6,9H2;1H2. The zero-order chi connectivity index (χ0) is 20.0. The van der Waals surface area contributed by atoms with Gasteiger partial charge in [-0.3, -0.25) is 8.78 Å². The maximum atomic E-state index is 14.8. The van der Waals surface area contributed by atoms with E-state index in [2.05, 4.69) is 9.36 Å². The zero-order valence-electron chi connectivity index (χ0n) is 15.4. The zero-order valence-corrected chi connectivity index (χ0v) is 17.0. The van der Waals surface area contributed by atoms with Gasteiger partial charge in [0.05, 0.1) is 39.6 Å². The number of hydrogen-bond acceptors (Lipinski definition) is 7. The molecule has 30 heavy (non-hydrogen) atoms. The number of halogens is 1. The minimum atomic E-state index is -1.68. The molecule has 3 heterocycles. The van der Waals surface area contributed by atoms with Crippen molar-refractivity contribution in [2.75, 3.05) is 6.61 Å². The molecule has 1 aliphatic heterocycles. The van der Waals surface area contributed by atoms with Crippen molar-refractivity contribution in [3.05, 3.63) is 69.7 Å². The predicted molar refractivity (Wildman–Crippen MR) is 109 cm³/mol. The van der Waals surface area contributed by atoms with Crippen LogP contribution in [0.4, 0.5) is 4.39 Å². The second-order valence-corrected chi connectivity index (χ2v) is 8.79. The summed E-state index contributed by atoms with van der Waals surface area (Å²) in [5.74, 6) is -0.505. The number of hydrogen-bond donors (Lipinski definition) is 0. The summed E-state index contributed by atoms with van der Waals surface area (Å²) in [6.07, 6.45) is 1.92. The van der Waals surface area contributed by atoms with E-state index >= 15 is 0 Å². The van der Waals surface area contributed by atoms with Crippen molar-refractivity contribution >= 4 is 33.4 Å². The first kappa shape index (κ1) is 20.4. The summed E-state index contributed by atoms with van der Waals surface area (Å²) in [5.41, 5.74) is 1.36. The maximum absolute atomic E-state index is 14.8. The van der Waals surface area contributed by atoms with Crippen molar-refractivity contribution in [1.29, 1.82) is 0 Å². The molecule has 0 saturated carbocycles. The van der Waals surface area contributed by atoms with E-state index < -0.39 is 22.4 Å². The Labute approximate surface area is 175 Å². The number of benzene rings is 2.